The molecule has 0 aromatic rings. The monoisotopic (exact) mass is 296 g/mol. The maximum atomic E-state index is 5.26. The molecular weight excluding hydrogens is 256 g/mol. The van der Waals surface area contributed by atoms with Gasteiger partial charge in [-0.3, -0.25) is 0 Å². The van der Waals surface area contributed by atoms with Crippen LogP contribution in [0.1, 0.15) is 104 Å². The molecule has 0 fully saturated rings. The zero-order valence-electron chi connectivity index (χ0n) is 15.0. The van der Waals surface area contributed by atoms with Crippen LogP contribution in [0.3, 0.4) is 0 Å². The fourth-order valence-electron chi connectivity index (χ4n) is 2.62. The molecule has 0 radical (unpaired) electrons. The SMILES string of the molecule is CCCCCCCCC=CCCCCCCCC(C)OC. The summed E-state index contributed by atoms with van der Waals surface area (Å²) in [5.41, 5.74) is 0. The normalized spacial score (nSPS) is 13.1. The molecule has 0 spiro atoms. The molecule has 0 N–H and O–H groups in total. The Labute approximate surface area is 134 Å². The lowest BCUT2D eigenvalue weighted by Gasteiger charge is -2.08. The Morgan fingerprint density at radius 2 is 1.19 bits per heavy atom. The highest BCUT2D eigenvalue weighted by Crippen LogP contribution is 2.11. The van der Waals surface area contributed by atoms with Gasteiger partial charge in [-0.25, -0.2) is 0 Å². The van der Waals surface area contributed by atoms with E-state index in [1.807, 2.05) is 7.11 Å². The van der Waals surface area contributed by atoms with Crippen LogP contribution in [0, 0.1) is 0 Å². The lowest BCUT2D eigenvalue weighted by Crippen LogP contribution is -2.03. The summed E-state index contributed by atoms with van der Waals surface area (Å²) in [7, 11) is 1.81. The summed E-state index contributed by atoms with van der Waals surface area (Å²) in [5, 5.41) is 0. The first-order valence-corrected chi connectivity index (χ1v) is 9.49. The van der Waals surface area contributed by atoms with Gasteiger partial charge in [0.15, 0.2) is 0 Å². The van der Waals surface area contributed by atoms with Gasteiger partial charge in [-0.05, 0) is 39.0 Å². The van der Waals surface area contributed by atoms with Gasteiger partial charge in [0.05, 0.1) is 6.10 Å². The van der Waals surface area contributed by atoms with Crippen LogP contribution in [-0.4, -0.2) is 13.2 Å². The van der Waals surface area contributed by atoms with Crippen LogP contribution in [0.2, 0.25) is 0 Å². The van der Waals surface area contributed by atoms with Crippen LogP contribution in [0.15, 0.2) is 12.2 Å². The zero-order valence-corrected chi connectivity index (χ0v) is 15.0. The van der Waals surface area contributed by atoms with Crippen molar-refractivity contribution in [3.8, 4) is 0 Å². The highest BCUT2D eigenvalue weighted by Gasteiger charge is 1.98. The van der Waals surface area contributed by atoms with Crippen LogP contribution >= 0.6 is 0 Å². The van der Waals surface area contributed by atoms with Crippen LogP contribution in [0.25, 0.3) is 0 Å². The van der Waals surface area contributed by atoms with Crippen molar-refractivity contribution in [2.24, 2.45) is 0 Å². The van der Waals surface area contributed by atoms with Crippen molar-refractivity contribution >= 4 is 0 Å². The Morgan fingerprint density at radius 1 is 0.714 bits per heavy atom. The van der Waals surface area contributed by atoms with Gasteiger partial charge in [0.2, 0.25) is 0 Å². The minimum Gasteiger partial charge on any atom is -0.382 e. The molecule has 0 amide bonds. The lowest BCUT2D eigenvalue weighted by molar-refractivity contribution is 0.108. The summed E-state index contributed by atoms with van der Waals surface area (Å²) in [5.74, 6) is 0. The second kappa shape index (κ2) is 17.8. The topological polar surface area (TPSA) is 9.23 Å². The van der Waals surface area contributed by atoms with Crippen molar-refractivity contribution in [2.75, 3.05) is 7.11 Å². The second-order valence-electron chi connectivity index (χ2n) is 6.42. The maximum absolute atomic E-state index is 5.26. The van der Waals surface area contributed by atoms with E-state index in [1.54, 1.807) is 0 Å². The van der Waals surface area contributed by atoms with Crippen LogP contribution in [0.5, 0.6) is 0 Å². The van der Waals surface area contributed by atoms with Crippen LogP contribution in [-0.2, 0) is 4.74 Å². The van der Waals surface area contributed by atoms with Gasteiger partial charge in [-0.2, -0.15) is 0 Å². The molecule has 126 valence electrons. The van der Waals surface area contributed by atoms with Gasteiger partial charge < -0.3 is 4.74 Å². The molecule has 0 aliphatic carbocycles. The molecule has 0 aliphatic heterocycles. The molecule has 1 nitrogen and oxygen atoms in total. The number of hydrogen-bond donors (Lipinski definition) is 0. The summed E-state index contributed by atoms with van der Waals surface area (Å²) in [4.78, 5) is 0. The molecule has 0 saturated heterocycles. The van der Waals surface area contributed by atoms with Crippen molar-refractivity contribution in [3.63, 3.8) is 0 Å². The molecule has 1 unspecified atom stereocenters. The summed E-state index contributed by atoms with van der Waals surface area (Å²) in [6.45, 7) is 4.44. The minimum absolute atomic E-state index is 0.440. The largest absolute Gasteiger partial charge is 0.382 e. The van der Waals surface area contributed by atoms with E-state index in [0.717, 1.165) is 0 Å². The lowest BCUT2D eigenvalue weighted by atomic mass is 10.1. The summed E-state index contributed by atoms with van der Waals surface area (Å²) in [6.07, 6.45) is 24.3. The van der Waals surface area contributed by atoms with Gasteiger partial charge in [0.1, 0.15) is 0 Å². The molecule has 0 aromatic heterocycles. The number of methoxy groups -OCH3 is 1. The molecular formula is C20H40O. The molecule has 0 rings (SSSR count). The van der Waals surface area contributed by atoms with E-state index in [2.05, 4.69) is 26.0 Å². The molecule has 0 bridgehead atoms. The number of hydrogen-bond acceptors (Lipinski definition) is 1. The third-order valence-corrected chi connectivity index (χ3v) is 4.27. The number of rotatable bonds is 16. The Morgan fingerprint density at radius 3 is 1.71 bits per heavy atom. The first-order chi connectivity index (χ1) is 10.3. The number of unbranched alkanes of at least 4 members (excludes halogenated alkanes) is 11. The van der Waals surface area contributed by atoms with Gasteiger partial charge in [0, 0.05) is 7.11 Å². The Balaban J connectivity index is 3.08. The Hall–Kier alpha value is -0.300. The summed E-state index contributed by atoms with van der Waals surface area (Å²) >= 11 is 0. The third-order valence-electron chi connectivity index (χ3n) is 4.27. The van der Waals surface area contributed by atoms with Crippen molar-refractivity contribution < 1.29 is 4.74 Å². The van der Waals surface area contributed by atoms with E-state index in [9.17, 15) is 0 Å². The van der Waals surface area contributed by atoms with E-state index in [4.69, 9.17) is 4.74 Å². The van der Waals surface area contributed by atoms with Gasteiger partial charge >= 0.3 is 0 Å². The zero-order chi connectivity index (χ0) is 15.6. The molecule has 1 atom stereocenters. The highest BCUT2D eigenvalue weighted by atomic mass is 16.5. The fraction of sp³-hybridized carbons (Fsp3) is 0.900. The van der Waals surface area contributed by atoms with Crippen molar-refractivity contribution in [3.05, 3.63) is 12.2 Å². The van der Waals surface area contributed by atoms with E-state index in [1.165, 1.54) is 89.9 Å². The number of allylic oxidation sites excluding steroid dienone is 2. The van der Waals surface area contributed by atoms with E-state index in [0.29, 0.717) is 6.10 Å². The predicted molar refractivity (Wildman–Crippen MR) is 95.9 cm³/mol. The van der Waals surface area contributed by atoms with Gasteiger partial charge in [-0.1, -0.05) is 76.9 Å². The minimum atomic E-state index is 0.440. The van der Waals surface area contributed by atoms with E-state index in [-0.39, 0.29) is 0 Å². The maximum Gasteiger partial charge on any atom is 0.0543 e. The van der Waals surface area contributed by atoms with E-state index >= 15 is 0 Å². The standard InChI is InChI=1S/C20H40O/c1-4-5-6-7-8-9-10-11-12-13-14-15-16-17-18-19-20(2)21-3/h11-12,20H,4-10,13-19H2,1-3H3. The molecule has 0 heterocycles. The Bertz CT molecular complexity index is 210. The quantitative estimate of drug-likeness (QED) is 0.219. The first-order valence-electron chi connectivity index (χ1n) is 9.49. The van der Waals surface area contributed by atoms with E-state index < -0.39 is 0 Å². The van der Waals surface area contributed by atoms with Gasteiger partial charge in [0.25, 0.3) is 0 Å². The van der Waals surface area contributed by atoms with Crippen molar-refractivity contribution in [1.82, 2.24) is 0 Å². The van der Waals surface area contributed by atoms with Crippen molar-refractivity contribution in [1.29, 1.82) is 0 Å². The smallest absolute Gasteiger partial charge is 0.0543 e. The first kappa shape index (κ1) is 20.7. The van der Waals surface area contributed by atoms with Crippen LogP contribution in [0.4, 0.5) is 0 Å². The third kappa shape index (κ3) is 17.6. The van der Waals surface area contributed by atoms with Gasteiger partial charge in [-0.15, -0.1) is 0 Å². The molecule has 0 aliphatic rings. The average molecular weight is 297 g/mol. The Kier molecular flexibility index (Phi) is 17.5. The highest BCUT2D eigenvalue weighted by molar-refractivity contribution is 4.81. The number of ether oxygens (including phenoxy) is 1. The summed E-state index contributed by atoms with van der Waals surface area (Å²) < 4.78 is 5.26. The molecule has 1 heteroatoms. The second-order valence-corrected chi connectivity index (χ2v) is 6.42. The van der Waals surface area contributed by atoms with Crippen LogP contribution < -0.4 is 0 Å². The molecule has 0 aromatic carbocycles. The molecule has 21 heavy (non-hydrogen) atoms. The summed E-state index contributed by atoms with van der Waals surface area (Å²) in [6, 6.07) is 0. The average Bonchev–Trinajstić information content (AvgIpc) is 2.50. The van der Waals surface area contributed by atoms with Crippen molar-refractivity contribution in [2.45, 2.75) is 110 Å². The predicted octanol–water partition coefficient (Wildman–Crippen LogP) is 7.06. The fourth-order valence-corrected chi connectivity index (χ4v) is 2.62. The molecule has 0 saturated carbocycles.